The van der Waals surface area contributed by atoms with Crippen molar-refractivity contribution in [3.05, 3.63) is 40.1 Å². The van der Waals surface area contributed by atoms with E-state index in [0.29, 0.717) is 22.9 Å². The van der Waals surface area contributed by atoms with E-state index in [9.17, 15) is 10.1 Å². The van der Waals surface area contributed by atoms with Crippen molar-refractivity contribution in [2.75, 3.05) is 6.61 Å². The second-order valence-electron chi connectivity index (χ2n) is 3.54. The van der Waals surface area contributed by atoms with Gasteiger partial charge in [-0.1, -0.05) is 12.2 Å². The van der Waals surface area contributed by atoms with Gasteiger partial charge in [0.2, 0.25) is 0 Å². The Morgan fingerprint density at radius 3 is 3.06 bits per heavy atom. The number of aromatic amines is 1. The number of nitro benzene ring substituents is 1. The molecule has 17 heavy (non-hydrogen) atoms. The molecule has 6 heteroatoms. The number of H-pyrrole nitrogens is 1. The molecule has 1 aromatic carbocycles. The average Bonchev–Trinajstić information content (AvgIpc) is 2.76. The molecule has 0 spiro atoms. The first-order valence-electron chi connectivity index (χ1n) is 5.11. The summed E-state index contributed by atoms with van der Waals surface area (Å²) >= 11 is 0. The molecule has 0 fully saturated rings. The average molecular weight is 233 g/mol. The molecular weight excluding hydrogens is 222 g/mol. The molecule has 0 aliphatic rings. The number of non-ortho nitro benzene ring substituents is 1. The third-order valence-corrected chi connectivity index (χ3v) is 2.36. The minimum atomic E-state index is -0.429. The summed E-state index contributed by atoms with van der Waals surface area (Å²) in [7, 11) is 0. The Labute approximate surface area is 96.7 Å². The fraction of sp³-hybridized carbons (Fsp3) is 0.182. The Morgan fingerprint density at radius 1 is 1.53 bits per heavy atom. The third-order valence-electron chi connectivity index (χ3n) is 2.36. The van der Waals surface area contributed by atoms with Crippen molar-refractivity contribution in [2.45, 2.75) is 6.42 Å². The largest absolute Gasteiger partial charge is 0.396 e. The van der Waals surface area contributed by atoms with Gasteiger partial charge in [0, 0.05) is 12.7 Å². The maximum atomic E-state index is 10.9. The van der Waals surface area contributed by atoms with Gasteiger partial charge in [-0.2, -0.15) is 5.10 Å². The fourth-order valence-electron chi connectivity index (χ4n) is 1.60. The molecule has 6 nitrogen and oxygen atoms in total. The first-order valence-corrected chi connectivity index (χ1v) is 5.11. The van der Waals surface area contributed by atoms with Gasteiger partial charge < -0.3 is 5.11 Å². The lowest BCUT2D eigenvalue weighted by Gasteiger charge is -1.97. The maximum Gasteiger partial charge on any atom is 0.280 e. The number of fused-ring (bicyclic) bond motifs is 1. The monoisotopic (exact) mass is 233 g/mol. The molecule has 0 unspecified atom stereocenters. The highest BCUT2D eigenvalue weighted by Crippen LogP contribution is 2.26. The van der Waals surface area contributed by atoms with Gasteiger partial charge in [-0.25, -0.2) is 0 Å². The summed E-state index contributed by atoms with van der Waals surface area (Å²) in [4.78, 5) is 10.5. The highest BCUT2D eigenvalue weighted by Gasteiger charge is 2.14. The molecule has 1 heterocycles. The van der Waals surface area contributed by atoms with Crippen molar-refractivity contribution >= 4 is 22.7 Å². The summed E-state index contributed by atoms with van der Waals surface area (Å²) in [5.74, 6) is 0. The van der Waals surface area contributed by atoms with Crippen molar-refractivity contribution in [1.29, 1.82) is 0 Å². The van der Waals surface area contributed by atoms with Gasteiger partial charge in [-0.3, -0.25) is 15.2 Å². The van der Waals surface area contributed by atoms with E-state index in [1.54, 1.807) is 18.2 Å². The van der Waals surface area contributed by atoms with Gasteiger partial charge in [0.1, 0.15) is 0 Å². The molecule has 1 aromatic heterocycles. The quantitative estimate of drug-likeness (QED) is 0.622. The van der Waals surface area contributed by atoms with Crippen LogP contribution in [0, 0.1) is 10.1 Å². The zero-order valence-corrected chi connectivity index (χ0v) is 8.96. The van der Waals surface area contributed by atoms with Crippen molar-refractivity contribution < 1.29 is 10.0 Å². The van der Waals surface area contributed by atoms with Crippen LogP contribution in [-0.4, -0.2) is 26.8 Å². The summed E-state index contributed by atoms with van der Waals surface area (Å²) in [6.07, 6.45) is 5.47. The minimum absolute atomic E-state index is 0.0277. The van der Waals surface area contributed by atoms with Crippen LogP contribution >= 0.6 is 0 Å². The van der Waals surface area contributed by atoms with Crippen molar-refractivity contribution in [1.82, 2.24) is 10.2 Å². The van der Waals surface area contributed by atoms with E-state index in [-0.39, 0.29) is 12.3 Å². The Hall–Kier alpha value is -2.21. The Kier molecular flexibility index (Phi) is 3.15. The van der Waals surface area contributed by atoms with Gasteiger partial charge >= 0.3 is 0 Å². The molecule has 0 saturated carbocycles. The SMILES string of the molecule is O=[N+]([O-])c1cc(C=CCCO)cc2[nH]ncc12. The van der Waals surface area contributed by atoms with E-state index < -0.39 is 4.92 Å². The van der Waals surface area contributed by atoms with Crippen LogP contribution in [0.2, 0.25) is 0 Å². The number of rotatable bonds is 4. The van der Waals surface area contributed by atoms with Gasteiger partial charge in [-0.05, 0) is 18.1 Å². The smallest absolute Gasteiger partial charge is 0.280 e. The number of hydrogen-bond donors (Lipinski definition) is 2. The van der Waals surface area contributed by atoms with Gasteiger partial charge in [0.15, 0.2) is 0 Å². The topological polar surface area (TPSA) is 92.0 Å². The number of benzene rings is 1. The Morgan fingerprint density at radius 2 is 2.35 bits per heavy atom. The maximum absolute atomic E-state index is 10.9. The van der Waals surface area contributed by atoms with Crippen LogP contribution in [0.15, 0.2) is 24.4 Å². The third kappa shape index (κ3) is 2.31. The number of aliphatic hydroxyl groups excluding tert-OH is 1. The highest BCUT2D eigenvalue weighted by molar-refractivity contribution is 5.89. The van der Waals surface area contributed by atoms with Crippen molar-refractivity contribution in [2.24, 2.45) is 0 Å². The molecule has 0 atom stereocenters. The normalized spacial score (nSPS) is 11.4. The van der Waals surface area contributed by atoms with Crippen LogP contribution < -0.4 is 0 Å². The van der Waals surface area contributed by atoms with Crippen molar-refractivity contribution in [3.63, 3.8) is 0 Å². The summed E-state index contributed by atoms with van der Waals surface area (Å²) in [6, 6.07) is 3.27. The van der Waals surface area contributed by atoms with Gasteiger partial charge in [-0.15, -0.1) is 0 Å². The lowest BCUT2D eigenvalue weighted by atomic mass is 10.1. The molecule has 2 N–H and O–H groups in total. The highest BCUT2D eigenvalue weighted by atomic mass is 16.6. The first kappa shape index (κ1) is 11.3. The molecule has 0 amide bonds. The zero-order valence-electron chi connectivity index (χ0n) is 8.96. The first-order chi connectivity index (χ1) is 8.22. The minimum Gasteiger partial charge on any atom is -0.396 e. The number of nitrogens with zero attached hydrogens (tertiary/aromatic N) is 2. The number of nitrogens with one attached hydrogen (secondary N) is 1. The van der Waals surface area contributed by atoms with Gasteiger partial charge in [0.25, 0.3) is 5.69 Å². The predicted octanol–water partition coefficient (Wildman–Crippen LogP) is 1.87. The Bertz CT molecular complexity index is 574. The molecule has 0 aliphatic carbocycles. The predicted molar refractivity (Wildman–Crippen MR) is 63.5 cm³/mol. The van der Waals surface area contributed by atoms with E-state index in [1.807, 2.05) is 0 Å². The molecule has 2 rings (SSSR count). The Balaban J connectivity index is 2.48. The molecule has 0 radical (unpaired) electrons. The van der Waals surface area contributed by atoms with E-state index in [2.05, 4.69) is 10.2 Å². The van der Waals surface area contributed by atoms with E-state index in [4.69, 9.17) is 5.11 Å². The lowest BCUT2D eigenvalue weighted by Crippen LogP contribution is -1.89. The van der Waals surface area contributed by atoms with Crippen molar-refractivity contribution in [3.8, 4) is 0 Å². The second-order valence-corrected chi connectivity index (χ2v) is 3.54. The molecule has 0 saturated heterocycles. The van der Waals surface area contributed by atoms with Crippen LogP contribution in [0.1, 0.15) is 12.0 Å². The fourth-order valence-corrected chi connectivity index (χ4v) is 1.60. The molecule has 88 valence electrons. The standard InChI is InChI=1S/C11H11N3O3/c15-4-2-1-3-8-5-10-9(7-12-13-10)11(6-8)14(16)17/h1,3,5-7,15H,2,4H2,(H,12,13). The second kappa shape index (κ2) is 4.75. The summed E-state index contributed by atoms with van der Waals surface area (Å²) in [5, 5.41) is 26.5. The molecular formula is C11H11N3O3. The number of hydrogen-bond acceptors (Lipinski definition) is 4. The number of aromatic nitrogens is 2. The summed E-state index contributed by atoms with van der Waals surface area (Å²) in [5.41, 5.74) is 1.37. The number of nitro groups is 1. The van der Waals surface area contributed by atoms with Crippen LogP contribution in [-0.2, 0) is 0 Å². The lowest BCUT2D eigenvalue weighted by molar-refractivity contribution is -0.383. The summed E-state index contributed by atoms with van der Waals surface area (Å²) in [6.45, 7) is 0.0604. The van der Waals surface area contributed by atoms with Crippen LogP contribution in [0.4, 0.5) is 5.69 Å². The van der Waals surface area contributed by atoms with Gasteiger partial charge in [0.05, 0.1) is 22.0 Å². The van der Waals surface area contributed by atoms with E-state index in [0.717, 1.165) is 0 Å². The zero-order chi connectivity index (χ0) is 12.3. The molecule has 0 bridgehead atoms. The van der Waals surface area contributed by atoms with Crippen LogP contribution in [0.25, 0.3) is 17.0 Å². The van der Waals surface area contributed by atoms with E-state index in [1.165, 1.54) is 12.3 Å². The molecule has 0 aliphatic heterocycles. The summed E-state index contributed by atoms with van der Waals surface area (Å²) < 4.78 is 0. The van der Waals surface area contributed by atoms with E-state index >= 15 is 0 Å². The van der Waals surface area contributed by atoms with Crippen LogP contribution in [0.3, 0.4) is 0 Å². The molecule has 2 aromatic rings. The number of aliphatic hydroxyl groups is 1. The van der Waals surface area contributed by atoms with Crippen LogP contribution in [0.5, 0.6) is 0 Å².